The second-order valence-electron chi connectivity index (χ2n) is 6.55. The Morgan fingerprint density at radius 2 is 1.65 bits per heavy atom. The Kier molecular flexibility index (Phi) is 4.74. The molecule has 0 unspecified atom stereocenters. The zero-order valence-corrected chi connectivity index (χ0v) is 13.1. The minimum absolute atomic E-state index is 0.423. The maximum absolute atomic E-state index is 10.9. The van der Waals surface area contributed by atoms with Crippen LogP contribution in [0.3, 0.4) is 0 Å². The van der Waals surface area contributed by atoms with Crippen LogP contribution in [0.15, 0.2) is 24.3 Å². The van der Waals surface area contributed by atoms with E-state index in [-0.39, 0.29) is 0 Å². The minimum atomic E-state index is -0.641. The third-order valence-electron chi connectivity index (χ3n) is 4.84. The highest BCUT2D eigenvalue weighted by Gasteiger charge is 2.39. The molecule has 0 heterocycles. The molecule has 1 saturated carbocycles. The van der Waals surface area contributed by atoms with Gasteiger partial charge in [-0.15, -0.1) is 0 Å². The molecular formula is C18H28O2. The number of hydrogen-bond acceptors (Lipinski definition) is 2. The average Bonchev–Trinajstić information content (AvgIpc) is 2.44. The number of ether oxygens (including phenoxy) is 1. The standard InChI is InChI=1S/C18H28O2/c1-4-10-17(3)11-13-18(19,14-12-17)15-6-8-16(9-7-15)20-5-2/h6-9,19H,4-5,10-14H2,1-3H3. The maximum atomic E-state index is 10.9. The Balaban J connectivity index is 2.05. The van der Waals surface area contributed by atoms with Gasteiger partial charge in [0.25, 0.3) is 0 Å². The molecule has 0 bridgehead atoms. The second kappa shape index (κ2) is 6.17. The van der Waals surface area contributed by atoms with Gasteiger partial charge in [0.2, 0.25) is 0 Å². The summed E-state index contributed by atoms with van der Waals surface area (Å²) in [6.07, 6.45) is 6.48. The molecule has 20 heavy (non-hydrogen) atoms. The SMILES string of the molecule is CCCC1(C)CCC(O)(c2ccc(OCC)cc2)CC1. The summed E-state index contributed by atoms with van der Waals surface area (Å²) in [5.41, 5.74) is 0.823. The average molecular weight is 276 g/mol. The third kappa shape index (κ3) is 3.35. The van der Waals surface area contributed by atoms with Crippen LogP contribution in [0.25, 0.3) is 0 Å². The molecule has 0 atom stereocenters. The van der Waals surface area contributed by atoms with Gasteiger partial charge in [0.1, 0.15) is 5.75 Å². The second-order valence-corrected chi connectivity index (χ2v) is 6.55. The van der Waals surface area contributed by atoms with Crippen molar-refractivity contribution in [3.05, 3.63) is 29.8 Å². The lowest BCUT2D eigenvalue weighted by Gasteiger charge is -2.42. The first-order chi connectivity index (χ1) is 9.51. The summed E-state index contributed by atoms with van der Waals surface area (Å²) in [4.78, 5) is 0. The zero-order valence-electron chi connectivity index (χ0n) is 13.1. The van der Waals surface area contributed by atoms with Gasteiger partial charge in [-0.2, -0.15) is 0 Å². The van der Waals surface area contributed by atoms with Crippen LogP contribution in [0.4, 0.5) is 0 Å². The molecule has 1 fully saturated rings. The smallest absolute Gasteiger partial charge is 0.119 e. The van der Waals surface area contributed by atoms with Crippen molar-refractivity contribution in [1.29, 1.82) is 0 Å². The maximum Gasteiger partial charge on any atom is 0.119 e. The molecule has 1 aliphatic carbocycles. The van der Waals surface area contributed by atoms with Crippen molar-refractivity contribution in [2.24, 2.45) is 5.41 Å². The van der Waals surface area contributed by atoms with E-state index in [1.807, 2.05) is 31.2 Å². The van der Waals surface area contributed by atoms with E-state index >= 15 is 0 Å². The molecule has 2 rings (SSSR count). The number of aliphatic hydroxyl groups is 1. The largest absolute Gasteiger partial charge is 0.494 e. The molecule has 1 N–H and O–H groups in total. The van der Waals surface area contributed by atoms with Crippen molar-refractivity contribution >= 4 is 0 Å². The summed E-state index contributed by atoms with van der Waals surface area (Å²) < 4.78 is 5.46. The van der Waals surface area contributed by atoms with Gasteiger partial charge in [-0.05, 0) is 62.1 Å². The first-order valence-electron chi connectivity index (χ1n) is 7.97. The van der Waals surface area contributed by atoms with Crippen LogP contribution in [0.5, 0.6) is 5.75 Å². The lowest BCUT2D eigenvalue weighted by Crippen LogP contribution is -2.35. The predicted molar refractivity (Wildman–Crippen MR) is 83.0 cm³/mol. The van der Waals surface area contributed by atoms with E-state index < -0.39 is 5.60 Å². The zero-order chi connectivity index (χ0) is 14.6. The number of hydrogen-bond donors (Lipinski definition) is 1. The van der Waals surface area contributed by atoms with Crippen molar-refractivity contribution in [3.8, 4) is 5.75 Å². The molecule has 0 spiro atoms. The van der Waals surface area contributed by atoms with Crippen LogP contribution in [0.1, 0.15) is 64.9 Å². The van der Waals surface area contributed by atoms with E-state index in [2.05, 4.69) is 13.8 Å². The minimum Gasteiger partial charge on any atom is -0.494 e. The van der Waals surface area contributed by atoms with Crippen molar-refractivity contribution in [1.82, 2.24) is 0 Å². The molecule has 0 saturated heterocycles. The molecule has 1 aliphatic rings. The molecule has 2 nitrogen and oxygen atoms in total. The van der Waals surface area contributed by atoms with E-state index in [1.165, 1.54) is 12.8 Å². The van der Waals surface area contributed by atoms with Gasteiger partial charge in [-0.25, -0.2) is 0 Å². The Morgan fingerprint density at radius 1 is 1.05 bits per heavy atom. The van der Waals surface area contributed by atoms with Crippen LogP contribution in [-0.2, 0) is 5.60 Å². The Labute approximate surface area is 123 Å². The van der Waals surface area contributed by atoms with Crippen molar-refractivity contribution < 1.29 is 9.84 Å². The molecular weight excluding hydrogens is 248 g/mol. The van der Waals surface area contributed by atoms with Crippen LogP contribution in [0, 0.1) is 5.41 Å². The summed E-state index contributed by atoms with van der Waals surface area (Å²) in [7, 11) is 0. The highest BCUT2D eigenvalue weighted by atomic mass is 16.5. The Bertz CT molecular complexity index is 414. The highest BCUT2D eigenvalue weighted by molar-refractivity contribution is 5.31. The van der Waals surface area contributed by atoms with Crippen LogP contribution >= 0.6 is 0 Å². The van der Waals surface area contributed by atoms with Gasteiger partial charge in [0.15, 0.2) is 0 Å². The van der Waals surface area contributed by atoms with Crippen LogP contribution in [-0.4, -0.2) is 11.7 Å². The summed E-state index contributed by atoms with van der Waals surface area (Å²) in [6.45, 7) is 7.28. The van der Waals surface area contributed by atoms with E-state index in [4.69, 9.17) is 4.74 Å². The lowest BCUT2D eigenvalue weighted by atomic mass is 9.66. The number of rotatable bonds is 5. The third-order valence-corrected chi connectivity index (χ3v) is 4.84. The van der Waals surface area contributed by atoms with Gasteiger partial charge in [-0.3, -0.25) is 0 Å². The molecule has 0 aromatic heterocycles. The van der Waals surface area contributed by atoms with Crippen molar-refractivity contribution in [2.75, 3.05) is 6.61 Å². The summed E-state index contributed by atoms with van der Waals surface area (Å²) >= 11 is 0. The van der Waals surface area contributed by atoms with E-state index in [1.54, 1.807) is 0 Å². The highest BCUT2D eigenvalue weighted by Crippen LogP contribution is 2.47. The van der Waals surface area contributed by atoms with Crippen LogP contribution in [0.2, 0.25) is 0 Å². The molecule has 1 aromatic carbocycles. The molecule has 2 heteroatoms. The molecule has 0 amide bonds. The number of benzene rings is 1. The van der Waals surface area contributed by atoms with Gasteiger partial charge in [0, 0.05) is 0 Å². The normalized spacial score (nSPS) is 30.2. The predicted octanol–water partition coefficient (Wildman–Crippen LogP) is 4.65. The van der Waals surface area contributed by atoms with Crippen molar-refractivity contribution in [2.45, 2.75) is 64.9 Å². The van der Waals surface area contributed by atoms with E-state index in [9.17, 15) is 5.11 Å². The first kappa shape index (κ1) is 15.4. The molecule has 1 aromatic rings. The van der Waals surface area contributed by atoms with E-state index in [0.717, 1.165) is 37.0 Å². The molecule has 112 valence electrons. The van der Waals surface area contributed by atoms with E-state index in [0.29, 0.717) is 12.0 Å². The fraction of sp³-hybridized carbons (Fsp3) is 0.667. The summed E-state index contributed by atoms with van der Waals surface area (Å²) in [5.74, 6) is 0.881. The summed E-state index contributed by atoms with van der Waals surface area (Å²) in [5, 5.41) is 10.9. The van der Waals surface area contributed by atoms with Gasteiger partial charge >= 0.3 is 0 Å². The fourth-order valence-electron chi connectivity index (χ4n) is 3.44. The quantitative estimate of drug-likeness (QED) is 0.848. The Morgan fingerprint density at radius 3 is 2.15 bits per heavy atom. The fourth-order valence-corrected chi connectivity index (χ4v) is 3.44. The molecule has 0 aliphatic heterocycles. The monoisotopic (exact) mass is 276 g/mol. The van der Waals surface area contributed by atoms with Crippen molar-refractivity contribution in [3.63, 3.8) is 0 Å². The lowest BCUT2D eigenvalue weighted by molar-refractivity contribution is -0.0368. The van der Waals surface area contributed by atoms with Gasteiger partial charge in [0.05, 0.1) is 12.2 Å². The van der Waals surface area contributed by atoms with Gasteiger partial charge in [-0.1, -0.05) is 32.4 Å². The van der Waals surface area contributed by atoms with Crippen LogP contribution < -0.4 is 4.74 Å². The topological polar surface area (TPSA) is 29.5 Å². The summed E-state index contributed by atoms with van der Waals surface area (Å²) in [6, 6.07) is 7.98. The first-order valence-corrected chi connectivity index (χ1v) is 7.97. The molecule has 0 radical (unpaired) electrons. The Hall–Kier alpha value is -1.02. The van der Waals surface area contributed by atoms with Gasteiger partial charge < -0.3 is 9.84 Å².